The smallest absolute Gasteiger partial charge is 0.255 e. The van der Waals surface area contributed by atoms with Crippen LogP contribution in [0.5, 0.6) is 5.75 Å². The van der Waals surface area contributed by atoms with E-state index in [0.717, 1.165) is 0 Å². The summed E-state index contributed by atoms with van der Waals surface area (Å²) in [5, 5.41) is 54.9. The topological polar surface area (TPSA) is 182 Å². The summed E-state index contributed by atoms with van der Waals surface area (Å²) in [5.74, 6) is -8.87. The molecule has 1 fully saturated rings. The van der Waals surface area contributed by atoms with Crippen molar-refractivity contribution < 1.29 is 39.9 Å². The number of primary amides is 1. The highest BCUT2D eigenvalue weighted by Gasteiger charge is 2.68. The van der Waals surface area contributed by atoms with E-state index in [1.165, 1.54) is 25.1 Å². The van der Waals surface area contributed by atoms with Crippen molar-refractivity contribution in [2.75, 3.05) is 14.1 Å². The maximum atomic E-state index is 13.7. The van der Waals surface area contributed by atoms with Gasteiger partial charge >= 0.3 is 0 Å². The molecule has 0 unspecified atom stereocenters. The minimum Gasteiger partial charge on any atom is -0.508 e. The number of aliphatic hydroxyl groups excluding tert-OH is 3. The van der Waals surface area contributed by atoms with Crippen LogP contribution in [0.25, 0.3) is 5.76 Å². The van der Waals surface area contributed by atoms with Crippen molar-refractivity contribution >= 4 is 35.6 Å². The Hall–Kier alpha value is -2.92. The summed E-state index contributed by atoms with van der Waals surface area (Å²) >= 11 is 0. The number of rotatable bonds is 2. The van der Waals surface area contributed by atoms with E-state index >= 15 is 0 Å². The van der Waals surface area contributed by atoms with Crippen LogP contribution in [0.3, 0.4) is 0 Å². The molecular formula is C22H25ClN2O8. The fraction of sp³-hybridized carbons (Fsp3) is 0.409. The number of carbonyl (C=O) groups is 3. The molecule has 11 heteroatoms. The number of nitrogens with zero attached hydrogens (tertiary/aromatic N) is 1. The van der Waals surface area contributed by atoms with Gasteiger partial charge in [-0.3, -0.25) is 19.3 Å². The Kier molecular flexibility index (Phi) is 5.87. The van der Waals surface area contributed by atoms with Crippen molar-refractivity contribution in [3.63, 3.8) is 0 Å². The molecule has 1 aromatic rings. The highest BCUT2D eigenvalue weighted by atomic mass is 35.5. The zero-order valence-electron chi connectivity index (χ0n) is 18.0. The number of amides is 1. The maximum absolute atomic E-state index is 13.7. The summed E-state index contributed by atoms with van der Waals surface area (Å²) in [5.41, 5.74) is 1.47. The maximum Gasteiger partial charge on any atom is 0.255 e. The molecule has 178 valence electrons. The second-order valence-electron chi connectivity index (χ2n) is 8.79. The Balaban J connectivity index is 0.00000306. The van der Waals surface area contributed by atoms with Gasteiger partial charge in [-0.05, 0) is 31.6 Å². The lowest BCUT2D eigenvalue weighted by molar-refractivity contribution is -0.169. The predicted octanol–water partition coefficient (Wildman–Crippen LogP) is -0.0824. The first kappa shape index (κ1) is 24.7. The van der Waals surface area contributed by atoms with Gasteiger partial charge in [-0.2, -0.15) is 0 Å². The number of halogens is 1. The average Bonchev–Trinajstić information content (AvgIpc) is 2.70. The van der Waals surface area contributed by atoms with Gasteiger partial charge in [0.25, 0.3) is 5.91 Å². The van der Waals surface area contributed by atoms with E-state index in [9.17, 15) is 39.9 Å². The number of Topliss-reactive ketones (excluding diaryl/α,β-unsaturated/α-hetero) is 2. The molecule has 7 N–H and O–H groups in total. The summed E-state index contributed by atoms with van der Waals surface area (Å²) in [6, 6.07) is 3.13. The molecule has 1 amide bonds. The molecule has 1 saturated carbocycles. The first-order valence-electron chi connectivity index (χ1n) is 10.0. The molecule has 0 aromatic heterocycles. The van der Waals surface area contributed by atoms with Gasteiger partial charge in [0.2, 0.25) is 5.78 Å². The van der Waals surface area contributed by atoms with Crippen molar-refractivity contribution in [1.29, 1.82) is 0 Å². The van der Waals surface area contributed by atoms with Crippen LogP contribution in [0.15, 0.2) is 35.1 Å². The minimum atomic E-state index is -2.89. The van der Waals surface area contributed by atoms with Gasteiger partial charge in [-0.25, -0.2) is 0 Å². The Morgan fingerprint density at radius 3 is 2.30 bits per heavy atom. The fourth-order valence-electron chi connectivity index (χ4n) is 5.58. The molecule has 0 aliphatic heterocycles. The third-order valence-corrected chi connectivity index (χ3v) is 6.99. The Labute approximate surface area is 195 Å². The number of nitrogens with two attached hydrogens (primary N) is 1. The number of benzene rings is 1. The van der Waals surface area contributed by atoms with E-state index in [0.29, 0.717) is 5.56 Å². The lowest BCUT2D eigenvalue weighted by atomic mass is 9.54. The van der Waals surface area contributed by atoms with Crippen LogP contribution in [-0.2, 0) is 14.4 Å². The second-order valence-corrected chi connectivity index (χ2v) is 8.79. The molecule has 33 heavy (non-hydrogen) atoms. The Bertz CT molecular complexity index is 1140. The molecule has 0 saturated heterocycles. The Morgan fingerprint density at radius 1 is 1.15 bits per heavy atom. The molecule has 10 nitrogen and oxygen atoms in total. The monoisotopic (exact) mass is 480 g/mol. The zero-order valence-corrected chi connectivity index (χ0v) is 18.8. The molecule has 0 heterocycles. The third-order valence-electron chi connectivity index (χ3n) is 6.99. The van der Waals surface area contributed by atoms with Gasteiger partial charge in [0.1, 0.15) is 22.8 Å². The number of phenolic OH excluding ortho intramolecular Hbond substituents is 1. The number of carbonyl (C=O) groups excluding carboxylic acids is 3. The molecule has 6 atom stereocenters. The average molecular weight is 481 g/mol. The number of aliphatic hydroxyl groups is 4. The second kappa shape index (κ2) is 7.84. The van der Waals surface area contributed by atoms with E-state index < -0.39 is 75.6 Å². The van der Waals surface area contributed by atoms with Crippen LogP contribution < -0.4 is 5.73 Å². The van der Waals surface area contributed by atoms with E-state index in [1.807, 2.05) is 0 Å². The predicted molar refractivity (Wildman–Crippen MR) is 118 cm³/mol. The molecule has 3 aliphatic rings. The largest absolute Gasteiger partial charge is 0.508 e. The van der Waals surface area contributed by atoms with Crippen molar-refractivity contribution in [3.8, 4) is 5.75 Å². The summed E-state index contributed by atoms with van der Waals surface area (Å²) in [6.07, 6.45) is -1.59. The lowest BCUT2D eigenvalue weighted by Gasteiger charge is -2.53. The standard InChI is InChI=1S/C22H24N2O8.ClH/c1-7-8-5-4-6-9(25)11(8)16(26)12-10(7)17(27)14-15(24(2)3)18(28)13(21(23)31)20(30)22(14,32)19(12)29;/h4-7,10,14-15,17,25-27,30,32H,1-3H3,(H2,23,31);1H/t7-,10-,14-,15+,17+,22+;/m1./s1. The van der Waals surface area contributed by atoms with Gasteiger partial charge in [-0.1, -0.05) is 19.1 Å². The fourth-order valence-corrected chi connectivity index (χ4v) is 5.58. The molecule has 0 radical (unpaired) electrons. The SMILES string of the molecule is C[C@@H]1c2cccc(O)c2C(O)=C2C(=O)[C@]3(O)C(O)=C(C(N)=O)C(=O)[C@@H](N(C)C)[C@@H]3[C@@H](O)[C@@H]21.Cl. The quantitative estimate of drug-likeness (QED) is 0.315. The number of phenols is 1. The molecule has 0 bridgehead atoms. The number of fused-ring (bicyclic) bond motifs is 3. The van der Waals surface area contributed by atoms with E-state index in [-0.39, 0.29) is 23.7 Å². The number of ketones is 2. The lowest BCUT2D eigenvalue weighted by Crippen LogP contribution is -2.70. The van der Waals surface area contributed by atoms with E-state index in [4.69, 9.17) is 5.73 Å². The number of likely N-dealkylation sites (N-methyl/N-ethyl adjacent to an activating group) is 1. The molecule has 4 rings (SSSR count). The highest BCUT2D eigenvalue weighted by molar-refractivity contribution is 6.24. The van der Waals surface area contributed by atoms with Crippen molar-refractivity contribution in [2.24, 2.45) is 17.6 Å². The normalized spacial score (nSPS) is 33.3. The van der Waals surface area contributed by atoms with Gasteiger partial charge in [-0.15, -0.1) is 12.4 Å². The van der Waals surface area contributed by atoms with Gasteiger partial charge < -0.3 is 31.3 Å². The highest BCUT2D eigenvalue weighted by Crippen LogP contribution is 2.55. The molecular weight excluding hydrogens is 456 g/mol. The van der Waals surface area contributed by atoms with Crippen molar-refractivity contribution in [1.82, 2.24) is 4.90 Å². The first-order valence-corrected chi connectivity index (χ1v) is 10.0. The summed E-state index contributed by atoms with van der Waals surface area (Å²) < 4.78 is 0. The third kappa shape index (κ3) is 2.95. The Morgan fingerprint density at radius 2 is 1.76 bits per heavy atom. The van der Waals surface area contributed by atoms with Crippen LogP contribution in [0.4, 0.5) is 0 Å². The molecule has 3 aliphatic carbocycles. The van der Waals surface area contributed by atoms with Crippen LogP contribution in [0, 0.1) is 11.8 Å². The van der Waals surface area contributed by atoms with Gasteiger partial charge in [0.05, 0.1) is 23.6 Å². The van der Waals surface area contributed by atoms with Crippen LogP contribution in [0.1, 0.15) is 24.0 Å². The van der Waals surface area contributed by atoms with Gasteiger partial charge in [0, 0.05) is 11.5 Å². The molecule has 1 aromatic carbocycles. The van der Waals surface area contributed by atoms with Crippen LogP contribution >= 0.6 is 12.4 Å². The summed E-state index contributed by atoms with van der Waals surface area (Å²) in [7, 11) is 2.92. The summed E-state index contributed by atoms with van der Waals surface area (Å²) in [6.45, 7) is 1.68. The minimum absolute atomic E-state index is 0. The van der Waals surface area contributed by atoms with Crippen molar-refractivity contribution in [3.05, 3.63) is 46.2 Å². The van der Waals surface area contributed by atoms with E-state index in [1.54, 1.807) is 19.1 Å². The van der Waals surface area contributed by atoms with E-state index in [2.05, 4.69) is 0 Å². The van der Waals surface area contributed by atoms with Crippen LogP contribution in [0.2, 0.25) is 0 Å². The van der Waals surface area contributed by atoms with Crippen LogP contribution in [-0.4, -0.2) is 79.7 Å². The molecule has 0 spiro atoms. The van der Waals surface area contributed by atoms with Crippen molar-refractivity contribution in [2.45, 2.75) is 30.6 Å². The first-order chi connectivity index (χ1) is 14.9. The van der Waals surface area contributed by atoms with Gasteiger partial charge in [0.15, 0.2) is 11.4 Å². The summed E-state index contributed by atoms with van der Waals surface area (Å²) in [4.78, 5) is 40.0. The number of hydrogen-bond acceptors (Lipinski definition) is 9. The number of hydrogen-bond donors (Lipinski definition) is 6. The zero-order chi connectivity index (χ0) is 23.9. The number of aromatic hydroxyl groups is 1.